The first kappa shape index (κ1) is 13.4. The topological polar surface area (TPSA) is 56.5 Å². The standard InChI is InChI=1S/C15H10ClN5S/c16-15-2-1-13-14(20-15)3-10(4-17-13)11-5-19-21(6-11)7-12-8-22-9-18-12/h1-6,8-9H,7H2. The molecule has 0 unspecified atom stereocenters. The molecule has 7 heteroatoms. The minimum Gasteiger partial charge on any atom is -0.266 e. The molecule has 0 radical (unpaired) electrons. The molecule has 0 saturated carbocycles. The summed E-state index contributed by atoms with van der Waals surface area (Å²) in [5, 5.41) is 6.85. The Labute approximate surface area is 135 Å². The van der Waals surface area contributed by atoms with Gasteiger partial charge in [0.1, 0.15) is 5.15 Å². The van der Waals surface area contributed by atoms with Gasteiger partial charge in [-0.25, -0.2) is 9.97 Å². The highest BCUT2D eigenvalue weighted by Crippen LogP contribution is 2.22. The summed E-state index contributed by atoms with van der Waals surface area (Å²) in [6.07, 6.45) is 5.62. The highest BCUT2D eigenvalue weighted by Gasteiger charge is 2.06. The first-order valence-electron chi connectivity index (χ1n) is 6.60. The van der Waals surface area contributed by atoms with E-state index < -0.39 is 0 Å². The van der Waals surface area contributed by atoms with Gasteiger partial charge in [-0.1, -0.05) is 11.6 Å². The number of hydrogen-bond acceptors (Lipinski definition) is 5. The van der Waals surface area contributed by atoms with Gasteiger partial charge in [0.05, 0.1) is 35.0 Å². The Hall–Kier alpha value is -2.31. The summed E-state index contributed by atoms with van der Waals surface area (Å²) in [7, 11) is 0. The lowest BCUT2D eigenvalue weighted by molar-refractivity contribution is 0.676. The summed E-state index contributed by atoms with van der Waals surface area (Å²) >= 11 is 7.52. The van der Waals surface area contributed by atoms with Crippen LogP contribution in [0.5, 0.6) is 0 Å². The Morgan fingerprint density at radius 2 is 2.05 bits per heavy atom. The van der Waals surface area contributed by atoms with Crippen molar-refractivity contribution in [1.29, 1.82) is 0 Å². The van der Waals surface area contributed by atoms with Crippen LogP contribution in [0.1, 0.15) is 5.69 Å². The summed E-state index contributed by atoms with van der Waals surface area (Å²) in [5.74, 6) is 0. The van der Waals surface area contributed by atoms with Crippen molar-refractivity contribution in [3.8, 4) is 11.1 Å². The summed E-state index contributed by atoms with van der Waals surface area (Å²) in [6, 6.07) is 5.57. The molecule has 0 fully saturated rings. The molecule has 5 nitrogen and oxygen atoms in total. The molecule has 0 bridgehead atoms. The van der Waals surface area contributed by atoms with Crippen LogP contribution in [0.4, 0.5) is 0 Å². The van der Waals surface area contributed by atoms with Crippen molar-refractivity contribution in [2.75, 3.05) is 0 Å². The number of fused-ring (bicyclic) bond motifs is 1. The molecule has 0 aliphatic heterocycles. The molecule has 0 spiro atoms. The zero-order valence-corrected chi connectivity index (χ0v) is 12.9. The fourth-order valence-corrected chi connectivity index (χ4v) is 2.92. The van der Waals surface area contributed by atoms with Gasteiger partial charge in [-0.3, -0.25) is 9.67 Å². The molecule has 4 rings (SSSR count). The molecule has 0 amide bonds. The number of nitrogens with zero attached hydrogens (tertiary/aromatic N) is 5. The van der Waals surface area contributed by atoms with Gasteiger partial charge < -0.3 is 0 Å². The summed E-state index contributed by atoms with van der Waals surface area (Å²) < 4.78 is 1.86. The maximum atomic E-state index is 5.94. The number of aromatic nitrogens is 5. The lowest BCUT2D eigenvalue weighted by atomic mass is 10.1. The molecule has 4 heterocycles. The zero-order valence-electron chi connectivity index (χ0n) is 11.3. The normalized spacial score (nSPS) is 11.1. The Morgan fingerprint density at radius 3 is 2.91 bits per heavy atom. The van der Waals surface area contributed by atoms with E-state index in [-0.39, 0.29) is 0 Å². The molecule has 4 aromatic rings. The molecule has 0 aliphatic carbocycles. The molecular weight excluding hydrogens is 318 g/mol. The third-order valence-corrected chi connectivity index (χ3v) is 4.12. The predicted octanol–water partition coefficient (Wildman–Crippen LogP) is 3.65. The van der Waals surface area contributed by atoms with Crippen molar-refractivity contribution in [2.24, 2.45) is 0 Å². The second-order valence-electron chi connectivity index (χ2n) is 4.80. The smallest absolute Gasteiger partial charge is 0.129 e. The molecule has 0 aliphatic rings. The van der Waals surface area contributed by atoms with Crippen LogP contribution in [0.15, 0.2) is 47.7 Å². The number of halogens is 1. The molecule has 0 N–H and O–H groups in total. The van der Waals surface area contributed by atoms with Crippen molar-refractivity contribution < 1.29 is 0 Å². The maximum Gasteiger partial charge on any atom is 0.129 e. The predicted molar refractivity (Wildman–Crippen MR) is 87.0 cm³/mol. The van der Waals surface area contributed by atoms with Crippen LogP contribution < -0.4 is 0 Å². The SMILES string of the molecule is Clc1ccc2ncc(-c3cnn(Cc4cscn4)c3)cc2n1. The van der Waals surface area contributed by atoms with E-state index in [2.05, 4.69) is 20.1 Å². The van der Waals surface area contributed by atoms with Crippen molar-refractivity contribution in [3.63, 3.8) is 0 Å². The maximum absolute atomic E-state index is 5.94. The van der Waals surface area contributed by atoms with Crippen molar-refractivity contribution in [1.82, 2.24) is 24.7 Å². The molecule has 22 heavy (non-hydrogen) atoms. The quantitative estimate of drug-likeness (QED) is 0.539. The van der Waals surface area contributed by atoms with Gasteiger partial charge in [-0.2, -0.15) is 5.10 Å². The van der Waals surface area contributed by atoms with Crippen molar-refractivity contribution in [3.05, 3.63) is 58.5 Å². The van der Waals surface area contributed by atoms with Crippen LogP contribution in [-0.2, 0) is 6.54 Å². The van der Waals surface area contributed by atoms with Crippen molar-refractivity contribution >= 4 is 34.0 Å². The third kappa shape index (κ3) is 2.58. The van der Waals surface area contributed by atoms with Crippen LogP contribution in [0.3, 0.4) is 0 Å². The van der Waals surface area contributed by atoms with Crippen LogP contribution in [-0.4, -0.2) is 24.7 Å². The summed E-state index contributed by atoms with van der Waals surface area (Å²) in [5.41, 5.74) is 6.38. The number of rotatable bonds is 3. The molecular formula is C15H10ClN5S. The van der Waals surface area contributed by atoms with Gasteiger partial charge in [0.15, 0.2) is 0 Å². The number of hydrogen-bond donors (Lipinski definition) is 0. The first-order valence-corrected chi connectivity index (χ1v) is 7.92. The first-order chi connectivity index (χ1) is 10.8. The second kappa shape index (κ2) is 5.47. The average molecular weight is 328 g/mol. The lowest BCUT2D eigenvalue weighted by Crippen LogP contribution is -1.99. The van der Waals surface area contributed by atoms with Gasteiger partial charge >= 0.3 is 0 Å². The van der Waals surface area contributed by atoms with Gasteiger partial charge in [0.25, 0.3) is 0 Å². The summed E-state index contributed by atoms with van der Waals surface area (Å²) in [4.78, 5) is 13.0. The molecule has 0 atom stereocenters. The average Bonchev–Trinajstić information content (AvgIpc) is 3.19. The van der Waals surface area contributed by atoms with E-state index in [4.69, 9.17) is 11.6 Å². The zero-order chi connectivity index (χ0) is 14.9. The molecule has 0 saturated heterocycles. The lowest BCUT2D eigenvalue weighted by Gasteiger charge is -2.01. The highest BCUT2D eigenvalue weighted by molar-refractivity contribution is 7.07. The van der Waals surface area contributed by atoms with Crippen LogP contribution >= 0.6 is 22.9 Å². The Kier molecular flexibility index (Phi) is 3.32. The minimum absolute atomic E-state index is 0.464. The Balaban J connectivity index is 1.68. The molecule has 108 valence electrons. The summed E-state index contributed by atoms with van der Waals surface area (Å²) in [6.45, 7) is 0.661. The fourth-order valence-electron chi connectivity index (χ4n) is 2.22. The van der Waals surface area contributed by atoms with E-state index >= 15 is 0 Å². The molecule has 4 aromatic heterocycles. The van der Waals surface area contributed by atoms with Crippen LogP contribution in [0.25, 0.3) is 22.2 Å². The fraction of sp³-hybridized carbons (Fsp3) is 0.0667. The van der Waals surface area contributed by atoms with E-state index in [1.165, 1.54) is 0 Å². The van der Waals surface area contributed by atoms with Gasteiger partial charge in [-0.05, 0) is 18.2 Å². The minimum atomic E-state index is 0.464. The van der Waals surface area contributed by atoms with E-state index in [1.807, 2.05) is 46.3 Å². The van der Waals surface area contributed by atoms with E-state index in [9.17, 15) is 0 Å². The van der Waals surface area contributed by atoms with Gasteiger partial charge in [-0.15, -0.1) is 11.3 Å². The van der Waals surface area contributed by atoms with E-state index in [0.29, 0.717) is 11.7 Å². The van der Waals surface area contributed by atoms with E-state index in [0.717, 1.165) is 27.9 Å². The monoisotopic (exact) mass is 327 g/mol. The van der Waals surface area contributed by atoms with E-state index in [1.54, 1.807) is 17.4 Å². The van der Waals surface area contributed by atoms with Crippen LogP contribution in [0, 0.1) is 0 Å². The van der Waals surface area contributed by atoms with Crippen molar-refractivity contribution in [2.45, 2.75) is 6.54 Å². The highest BCUT2D eigenvalue weighted by atomic mass is 35.5. The largest absolute Gasteiger partial charge is 0.266 e. The van der Waals surface area contributed by atoms with Gasteiger partial charge in [0.2, 0.25) is 0 Å². The van der Waals surface area contributed by atoms with Gasteiger partial charge in [0, 0.05) is 28.9 Å². The molecule has 0 aromatic carbocycles. The number of thiazole rings is 1. The second-order valence-corrected chi connectivity index (χ2v) is 5.91. The third-order valence-electron chi connectivity index (χ3n) is 3.28. The number of pyridine rings is 2. The Bertz CT molecular complexity index is 932. The van der Waals surface area contributed by atoms with Crippen LogP contribution in [0.2, 0.25) is 5.15 Å². The Morgan fingerprint density at radius 1 is 1.09 bits per heavy atom.